The van der Waals surface area contributed by atoms with E-state index in [0.717, 1.165) is 28.0 Å². The third kappa shape index (κ3) is 4.04. The number of pyridine rings is 1. The van der Waals surface area contributed by atoms with E-state index in [2.05, 4.69) is 10.3 Å². The maximum absolute atomic E-state index is 12.5. The van der Waals surface area contributed by atoms with Crippen molar-refractivity contribution in [1.82, 2.24) is 10.3 Å². The van der Waals surface area contributed by atoms with Crippen molar-refractivity contribution < 1.29 is 9.53 Å². The van der Waals surface area contributed by atoms with Crippen LogP contribution in [0.4, 0.5) is 0 Å². The number of benzene rings is 2. The number of aromatic nitrogens is 1. The maximum atomic E-state index is 12.5. The lowest BCUT2D eigenvalue weighted by Gasteiger charge is -2.09. The molecule has 0 fully saturated rings. The van der Waals surface area contributed by atoms with E-state index in [1.807, 2.05) is 61.5 Å². The van der Waals surface area contributed by atoms with Gasteiger partial charge in [0, 0.05) is 24.5 Å². The zero-order valence-electron chi connectivity index (χ0n) is 14.3. The molecule has 0 atom stereocenters. The van der Waals surface area contributed by atoms with Crippen LogP contribution < -0.4 is 10.1 Å². The van der Waals surface area contributed by atoms with Gasteiger partial charge in [0.1, 0.15) is 5.75 Å². The van der Waals surface area contributed by atoms with Crippen LogP contribution >= 0.6 is 0 Å². The minimum atomic E-state index is -0.138. The molecule has 0 aliphatic rings. The molecular weight excluding hydrogens is 312 g/mol. The summed E-state index contributed by atoms with van der Waals surface area (Å²) in [4.78, 5) is 16.7. The number of aryl methyl sites for hydroxylation is 1. The monoisotopic (exact) mass is 332 g/mol. The Kier molecular flexibility index (Phi) is 5.09. The molecule has 0 saturated heterocycles. The molecule has 1 N–H and O–H groups in total. The van der Waals surface area contributed by atoms with Gasteiger partial charge in [0.2, 0.25) is 0 Å². The Balaban J connectivity index is 1.76. The standard InChI is InChI=1S/C21H20N2O2/c1-15-6-3-4-7-17(15)14-23-21(24)19-10-18(12-22-13-19)16-8-5-9-20(11-16)25-2/h3-13H,14H2,1-2H3,(H,23,24). The molecule has 0 aliphatic heterocycles. The number of ether oxygens (including phenoxy) is 1. The number of nitrogens with one attached hydrogen (secondary N) is 1. The molecule has 1 aromatic heterocycles. The first-order chi connectivity index (χ1) is 12.2. The Hall–Kier alpha value is -3.14. The van der Waals surface area contributed by atoms with Gasteiger partial charge in [-0.3, -0.25) is 9.78 Å². The number of amides is 1. The fourth-order valence-corrected chi connectivity index (χ4v) is 2.61. The average molecular weight is 332 g/mol. The highest BCUT2D eigenvalue weighted by Crippen LogP contribution is 2.23. The molecule has 0 radical (unpaired) electrons. The second-order valence-corrected chi connectivity index (χ2v) is 5.80. The van der Waals surface area contributed by atoms with Gasteiger partial charge in [0.05, 0.1) is 12.7 Å². The largest absolute Gasteiger partial charge is 0.497 e. The van der Waals surface area contributed by atoms with Crippen molar-refractivity contribution in [3.63, 3.8) is 0 Å². The van der Waals surface area contributed by atoms with Crippen LogP contribution in [0.2, 0.25) is 0 Å². The van der Waals surface area contributed by atoms with E-state index in [0.29, 0.717) is 12.1 Å². The number of hydrogen-bond donors (Lipinski definition) is 1. The van der Waals surface area contributed by atoms with Crippen LogP contribution in [0, 0.1) is 6.92 Å². The molecule has 0 bridgehead atoms. The quantitative estimate of drug-likeness (QED) is 0.768. The second-order valence-electron chi connectivity index (χ2n) is 5.80. The Bertz CT molecular complexity index is 890. The van der Waals surface area contributed by atoms with Crippen molar-refractivity contribution in [3.05, 3.63) is 83.7 Å². The molecule has 0 unspecified atom stereocenters. The van der Waals surface area contributed by atoms with Gasteiger partial charge in [-0.05, 0) is 41.8 Å². The Morgan fingerprint density at radius 2 is 1.88 bits per heavy atom. The van der Waals surface area contributed by atoms with E-state index in [9.17, 15) is 4.79 Å². The van der Waals surface area contributed by atoms with E-state index in [4.69, 9.17) is 4.74 Å². The van der Waals surface area contributed by atoms with E-state index in [-0.39, 0.29) is 5.91 Å². The first-order valence-corrected chi connectivity index (χ1v) is 8.09. The topological polar surface area (TPSA) is 51.2 Å². The normalized spacial score (nSPS) is 10.3. The number of carbonyl (C=O) groups is 1. The van der Waals surface area contributed by atoms with Crippen LogP contribution in [0.5, 0.6) is 5.75 Å². The van der Waals surface area contributed by atoms with Gasteiger partial charge in [-0.1, -0.05) is 36.4 Å². The SMILES string of the molecule is COc1cccc(-c2cncc(C(=O)NCc3ccccc3C)c2)c1. The summed E-state index contributed by atoms with van der Waals surface area (Å²) in [6.07, 6.45) is 3.32. The third-order valence-electron chi connectivity index (χ3n) is 4.10. The number of nitrogens with zero attached hydrogens (tertiary/aromatic N) is 1. The predicted molar refractivity (Wildman–Crippen MR) is 98.6 cm³/mol. The Morgan fingerprint density at radius 3 is 2.68 bits per heavy atom. The highest BCUT2D eigenvalue weighted by atomic mass is 16.5. The fraction of sp³-hybridized carbons (Fsp3) is 0.143. The predicted octanol–water partition coefficient (Wildman–Crippen LogP) is 4.00. The molecule has 1 heterocycles. The number of carbonyl (C=O) groups excluding carboxylic acids is 1. The zero-order valence-corrected chi connectivity index (χ0v) is 14.3. The van der Waals surface area contributed by atoms with Crippen LogP contribution in [0.15, 0.2) is 67.0 Å². The first-order valence-electron chi connectivity index (χ1n) is 8.09. The molecule has 126 valence electrons. The minimum absolute atomic E-state index is 0.138. The van der Waals surface area contributed by atoms with E-state index in [1.54, 1.807) is 19.5 Å². The zero-order chi connectivity index (χ0) is 17.6. The number of hydrogen-bond acceptors (Lipinski definition) is 3. The van der Waals surface area contributed by atoms with Crippen molar-refractivity contribution in [3.8, 4) is 16.9 Å². The third-order valence-corrected chi connectivity index (χ3v) is 4.10. The first kappa shape index (κ1) is 16.7. The van der Waals surface area contributed by atoms with Crippen molar-refractivity contribution >= 4 is 5.91 Å². The molecule has 0 saturated carbocycles. The smallest absolute Gasteiger partial charge is 0.253 e. The molecule has 25 heavy (non-hydrogen) atoms. The van der Waals surface area contributed by atoms with Crippen LogP contribution in [0.3, 0.4) is 0 Å². The number of methoxy groups -OCH3 is 1. The highest BCUT2D eigenvalue weighted by molar-refractivity contribution is 5.95. The Morgan fingerprint density at radius 1 is 1.04 bits per heavy atom. The summed E-state index contributed by atoms with van der Waals surface area (Å²) in [5.41, 5.74) is 4.63. The lowest BCUT2D eigenvalue weighted by molar-refractivity contribution is 0.0950. The Labute approximate surface area is 147 Å². The molecule has 4 heteroatoms. The summed E-state index contributed by atoms with van der Waals surface area (Å²) in [5, 5.41) is 2.95. The summed E-state index contributed by atoms with van der Waals surface area (Å²) in [6.45, 7) is 2.53. The minimum Gasteiger partial charge on any atom is -0.497 e. The van der Waals surface area contributed by atoms with Crippen LogP contribution in [0.25, 0.3) is 11.1 Å². The molecule has 1 amide bonds. The van der Waals surface area contributed by atoms with Gasteiger partial charge >= 0.3 is 0 Å². The second kappa shape index (κ2) is 7.62. The molecule has 3 rings (SSSR count). The van der Waals surface area contributed by atoms with Gasteiger partial charge in [0.25, 0.3) is 5.91 Å². The number of rotatable bonds is 5. The summed E-state index contributed by atoms with van der Waals surface area (Å²) >= 11 is 0. The molecule has 4 nitrogen and oxygen atoms in total. The van der Waals surface area contributed by atoms with Crippen molar-refractivity contribution in [2.45, 2.75) is 13.5 Å². The average Bonchev–Trinajstić information content (AvgIpc) is 2.67. The van der Waals surface area contributed by atoms with E-state index < -0.39 is 0 Å². The molecule has 0 aliphatic carbocycles. The van der Waals surface area contributed by atoms with E-state index in [1.165, 1.54) is 0 Å². The summed E-state index contributed by atoms with van der Waals surface area (Å²) in [7, 11) is 1.63. The van der Waals surface area contributed by atoms with Crippen LogP contribution in [-0.4, -0.2) is 18.0 Å². The van der Waals surface area contributed by atoms with E-state index >= 15 is 0 Å². The van der Waals surface area contributed by atoms with Gasteiger partial charge in [0.15, 0.2) is 0 Å². The van der Waals surface area contributed by atoms with Crippen molar-refractivity contribution in [1.29, 1.82) is 0 Å². The lowest BCUT2D eigenvalue weighted by atomic mass is 10.1. The maximum Gasteiger partial charge on any atom is 0.253 e. The van der Waals surface area contributed by atoms with Crippen LogP contribution in [-0.2, 0) is 6.54 Å². The van der Waals surface area contributed by atoms with Crippen molar-refractivity contribution in [2.75, 3.05) is 7.11 Å². The summed E-state index contributed by atoms with van der Waals surface area (Å²) in [6, 6.07) is 17.5. The lowest BCUT2D eigenvalue weighted by Crippen LogP contribution is -2.23. The van der Waals surface area contributed by atoms with Crippen molar-refractivity contribution in [2.24, 2.45) is 0 Å². The van der Waals surface area contributed by atoms with Gasteiger partial charge in [-0.15, -0.1) is 0 Å². The van der Waals surface area contributed by atoms with Crippen LogP contribution in [0.1, 0.15) is 21.5 Å². The molecular formula is C21H20N2O2. The van der Waals surface area contributed by atoms with Gasteiger partial charge < -0.3 is 10.1 Å². The van der Waals surface area contributed by atoms with Gasteiger partial charge in [-0.2, -0.15) is 0 Å². The highest BCUT2D eigenvalue weighted by Gasteiger charge is 2.09. The fourth-order valence-electron chi connectivity index (χ4n) is 2.61. The van der Waals surface area contributed by atoms with Gasteiger partial charge in [-0.25, -0.2) is 0 Å². The molecule has 3 aromatic rings. The summed E-state index contributed by atoms with van der Waals surface area (Å²) < 4.78 is 5.25. The molecule has 2 aromatic carbocycles. The molecule has 0 spiro atoms. The summed E-state index contributed by atoms with van der Waals surface area (Å²) in [5.74, 6) is 0.632.